The maximum Gasteiger partial charge on any atom is 0.225 e. The lowest BCUT2D eigenvalue weighted by molar-refractivity contribution is 0.383. The van der Waals surface area contributed by atoms with Gasteiger partial charge in [-0.25, -0.2) is 23.7 Å². The van der Waals surface area contributed by atoms with Crippen molar-refractivity contribution in [3.8, 4) is 11.1 Å². The number of aliphatic imine (C=N–C) groups is 1. The average molecular weight is 515 g/mol. The van der Waals surface area contributed by atoms with Crippen molar-refractivity contribution >= 4 is 18.1 Å². The first kappa shape index (κ1) is 25.2. The number of hydrogen-bond acceptors (Lipinski definition) is 5. The number of benzene rings is 2. The second kappa shape index (κ2) is 10.5. The molecular formula is C28H28F2N8. The smallest absolute Gasteiger partial charge is 0.225 e. The maximum absolute atomic E-state index is 13.3. The Balaban J connectivity index is 1.26. The molecule has 1 saturated heterocycles. The zero-order chi connectivity index (χ0) is 26.7. The Bertz CT molecular complexity index is 1420. The van der Waals surface area contributed by atoms with E-state index in [-0.39, 0.29) is 11.6 Å². The van der Waals surface area contributed by atoms with E-state index in [1.165, 1.54) is 24.3 Å². The standard InChI is InChI=1S/C28H28F2N8/c1-28(32,21-4-8-24(30)9-5-21)22-16-34-27(35-17-22)38-12-10-37(11-13-38)26(36-18-31)25-14-20(15-33-25)19-2-6-23(29)7-3-19/h2-9,14-18,31,33H,10-13,32H2,1H3/b31-18?,36-26+/t28-/m0/s1. The molecule has 3 heterocycles. The van der Waals surface area contributed by atoms with Crippen molar-refractivity contribution < 1.29 is 8.78 Å². The first-order chi connectivity index (χ1) is 18.3. The van der Waals surface area contributed by atoms with Crippen molar-refractivity contribution in [2.75, 3.05) is 31.1 Å². The molecule has 4 N–H and O–H groups in total. The first-order valence-corrected chi connectivity index (χ1v) is 12.2. The minimum atomic E-state index is -0.855. The molecule has 0 spiro atoms. The molecule has 0 amide bonds. The number of rotatable bonds is 6. The minimum absolute atomic E-state index is 0.281. The summed E-state index contributed by atoms with van der Waals surface area (Å²) < 4.78 is 26.6. The van der Waals surface area contributed by atoms with Crippen LogP contribution in [0.2, 0.25) is 0 Å². The van der Waals surface area contributed by atoms with Gasteiger partial charge in [-0.15, -0.1) is 0 Å². The summed E-state index contributed by atoms with van der Waals surface area (Å²) in [6, 6.07) is 14.4. The molecule has 1 fully saturated rings. The van der Waals surface area contributed by atoms with Gasteiger partial charge in [-0.05, 0) is 53.9 Å². The van der Waals surface area contributed by atoms with E-state index in [9.17, 15) is 8.78 Å². The maximum atomic E-state index is 13.3. The van der Waals surface area contributed by atoms with Gasteiger partial charge in [0.1, 0.15) is 18.0 Å². The van der Waals surface area contributed by atoms with Crippen LogP contribution in [0.5, 0.6) is 0 Å². The summed E-state index contributed by atoms with van der Waals surface area (Å²) in [5.41, 5.74) is 9.78. The highest BCUT2D eigenvalue weighted by atomic mass is 19.1. The van der Waals surface area contributed by atoms with E-state index >= 15 is 0 Å². The van der Waals surface area contributed by atoms with Crippen LogP contribution in [0.1, 0.15) is 23.7 Å². The quantitative estimate of drug-likeness (QED) is 0.265. The van der Waals surface area contributed by atoms with Gasteiger partial charge in [0.2, 0.25) is 5.95 Å². The lowest BCUT2D eigenvalue weighted by Crippen LogP contribution is -2.49. The number of aromatic nitrogens is 3. The highest BCUT2D eigenvalue weighted by Crippen LogP contribution is 2.27. The predicted octanol–water partition coefficient (Wildman–Crippen LogP) is 4.15. The third kappa shape index (κ3) is 5.16. The van der Waals surface area contributed by atoms with E-state index in [2.05, 4.69) is 29.7 Å². The fraction of sp³-hybridized carbons (Fsp3) is 0.214. The van der Waals surface area contributed by atoms with Crippen LogP contribution < -0.4 is 10.6 Å². The van der Waals surface area contributed by atoms with E-state index in [4.69, 9.17) is 11.1 Å². The number of amidine groups is 1. The molecule has 1 aliphatic rings. The highest BCUT2D eigenvalue weighted by Gasteiger charge is 2.27. The Morgan fingerprint density at radius 1 is 0.947 bits per heavy atom. The highest BCUT2D eigenvalue weighted by molar-refractivity contribution is 6.01. The predicted molar refractivity (Wildman–Crippen MR) is 144 cm³/mol. The molecule has 38 heavy (non-hydrogen) atoms. The number of aromatic amines is 1. The van der Waals surface area contributed by atoms with Gasteiger partial charge in [0.25, 0.3) is 0 Å². The number of anilines is 1. The number of nitrogens with two attached hydrogens (primary N) is 1. The van der Waals surface area contributed by atoms with Gasteiger partial charge < -0.3 is 20.5 Å². The molecule has 1 atom stereocenters. The van der Waals surface area contributed by atoms with Crippen molar-refractivity contribution in [3.05, 3.63) is 102 Å². The largest absolute Gasteiger partial charge is 0.358 e. The van der Waals surface area contributed by atoms with Crippen LogP contribution >= 0.6 is 0 Å². The van der Waals surface area contributed by atoms with Crippen LogP contribution in [0, 0.1) is 17.0 Å². The second-order valence-electron chi connectivity index (χ2n) is 9.35. The zero-order valence-electron chi connectivity index (χ0n) is 20.9. The number of hydrogen-bond donors (Lipinski definition) is 3. The van der Waals surface area contributed by atoms with Crippen LogP contribution in [0.3, 0.4) is 0 Å². The SMILES string of the molecule is C[C@](N)(c1ccc(F)cc1)c1cnc(N2CCN(/C(=N/C=N)c3cc(-c4ccc(F)cc4)c[nH]3)CC2)nc1. The molecular weight excluding hydrogens is 486 g/mol. The van der Waals surface area contributed by atoms with E-state index in [0.29, 0.717) is 38.0 Å². The van der Waals surface area contributed by atoms with E-state index in [0.717, 1.165) is 34.3 Å². The monoisotopic (exact) mass is 514 g/mol. The Morgan fingerprint density at radius 3 is 2.16 bits per heavy atom. The van der Waals surface area contributed by atoms with E-state index in [1.54, 1.807) is 36.7 Å². The van der Waals surface area contributed by atoms with Crippen LogP contribution in [-0.2, 0) is 5.54 Å². The summed E-state index contributed by atoms with van der Waals surface area (Å²) in [6.45, 7) is 4.50. The van der Waals surface area contributed by atoms with Crippen LogP contribution in [0.25, 0.3) is 11.1 Å². The summed E-state index contributed by atoms with van der Waals surface area (Å²) in [6.07, 6.45) is 6.32. The molecule has 2 aromatic heterocycles. The molecule has 194 valence electrons. The van der Waals surface area contributed by atoms with Crippen molar-refractivity contribution in [2.24, 2.45) is 10.7 Å². The van der Waals surface area contributed by atoms with Crippen molar-refractivity contribution in [3.63, 3.8) is 0 Å². The normalized spacial score (nSPS) is 15.8. The van der Waals surface area contributed by atoms with E-state index < -0.39 is 5.54 Å². The first-order valence-electron chi connectivity index (χ1n) is 12.2. The molecule has 10 heteroatoms. The minimum Gasteiger partial charge on any atom is -0.358 e. The lowest BCUT2D eigenvalue weighted by Gasteiger charge is -2.36. The van der Waals surface area contributed by atoms with Gasteiger partial charge >= 0.3 is 0 Å². The number of H-pyrrole nitrogens is 1. The third-order valence-corrected chi connectivity index (χ3v) is 6.83. The number of nitrogens with one attached hydrogen (secondary N) is 2. The Labute approximate surface area is 219 Å². The summed E-state index contributed by atoms with van der Waals surface area (Å²) in [7, 11) is 0. The average Bonchev–Trinajstić information content (AvgIpc) is 3.42. The van der Waals surface area contributed by atoms with Gasteiger partial charge in [0, 0.05) is 50.3 Å². The Kier molecular flexibility index (Phi) is 6.97. The van der Waals surface area contributed by atoms with Crippen molar-refractivity contribution in [1.82, 2.24) is 19.9 Å². The number of nitrogens with zero attached hydrogens (tertiary/aromatic N) is 5. The summed E-state index contributed by atoms with van der Waals surface area (Å²) in [4.78, 5) is 20.9. The fourth-order valence-electron chi connectivity index (χ4n) is 4.55. The lowest BCUT2D eigenvalue weighted by atomic mass is 9.87. The second-order valence-corrected chi connectivity index (χ2v) is 9.35. The molecule has 0 saturated carbocycles. The molecule has 5 rings (SSSR count). The molecule has 1 aliphatic heterocycles. The third-order valence-electron chi connectivity index (χ3n) is 6.83. The molecule has 4 aromatic rings. The summed E-state index contributed by atoms with van der Waals surface area (Å²) >= 11 is 0. The molecule has 2 aromatic carbocycles. The molecule has 0 radical (unpaired) electrons. The van der Waals surface area contributed by atoms with Gasteiger partial charge in [-0.3, -0.25) is 5.41 Å². The van der Waals surface area contributed by atoms with Crippen LogP contribution in [-0.4, -0.2) is 58.2 Å². The Hall–Kier alpha value is -4.44. The number of halogens is 2. The van der Waals surface area contributed by atoms with Gasteiger partial charge in [-0.1, -0.05) is 24.3 Å². The van der Waals surface area contributed by atoms with Gasteiger partial charge in [0.15, 0.2) is 5.84 Å². The van der Waals surface area contributed by atoms with Crippen LogP contribution in [0.15, 0.2) is 78.2 Å². The Morgan fingerprint density at radius 2 is 1.55 bits per heavy atom. The van der Waals surface area contributed by atoms with Gasteiger partial charge in [-0.2, -0.15) is 0 Å². The fourth-order valence-corrected chi connectivity index (χ4v) is 4.55. The summed E-state index contributed by atoms with van der Waals surface area (Å²) in [5, 5.41) is 7.56. The van der Waals surface area contributed by atoms with Crippen molar-refractivity contribution in [2.45, 2.75) is 12.5 Å². The summed E-state index contributed by atoms with van der Waals surface area (Å²) in [5.74, 6) is 0.681. The van der Waals surface area contributed by atoms with Gasteiger partial charge in [0.05, 0.1) is 11.2 Å². The molecule has 0 bridgehead atoms. The topological polar surface area (TPSA) is 110 Å². The molecule has 8 nitrogen and oxygen atoms in total. The van der Waals surface area contributed by atoms with Crippen LogP contribution in [0.4, 0.5) is 14.7 Å². The molecule has 0 aliphatic carbocycles. The zero-order valence-corrected chi connectivity index (χ0v) is 20.9. The molecule has 0 unspecified atom stereocenters. The number of piperazine rings is 1. The van der Waals surface area contributed by atoms with E-state index in [1.807, 2.05) is 19.2 Å². The van der Waals surface area contributed by atoms with Crippen molar-refractivity contribution in [1.29, 1.82) is 5.41 Å².